The first kappa shape index (κ1) is 22.1. The topological polar surface area (TPSA) is 29.5 Å². The molecule has 3 nitrogen and oxygen atoms in total. The number of benzene rings is 6. The normalized spacial score (nSPS) is 17.3. The van der Waals surface area contributed by atoms with Crippen LogP contribution < -0.4 is 9.64 Å². The van der Waals surface area contributed by atoms with Gasteiger partial charge in [-0.05, 0) is 46.0 Å². The Bertz CT molecular complexity index is 1960. The van der Waals surface area contributed by atoms with Crippen molar-refractivity contribution in [3.05, 3.63) is 149 Å². The molecular formula is C35H22FNO2. The molecule has 6 aromatic carbocycles. The Morgan fingerprint density at radius 3 is 2.15 bits per heavy atom. The van der Waals surface area contributed by atoms with E-state index in [0.717, 1.165) is 49.5 Å². The predicted molar refractivity (Wildman–Crippen MR) is 152 cm³/mol. The molecule has 0 bridgehead atoms. The van der Waals surface area contributed by atoms with Crippen LogP contribution in [0.15, 0.2) is 121 Å². The summed E-state index contributed by atoms with van der Waals surface area (Å²) < 4.78 is 20.4. The molecule has 1 amide bonds. The summed E-state index contributed by atoms with van der Waals surface area (Å²) in [5.74, 6) is 1.06. The van der Waals surface area contributed by atoms with Crippen LogP contribution in [0.2, 0.25) is 0 Å². The van der Waals surface area contributed by atoms with Gasteiger partial charge in [0, 0.05) is 27.8 Å². The van der Waals surface area contributed by atoms with Crippen molar-refractivity contribution in [3.63, 3.8) is 0 Å². The van der Waals surface area contributed by atoms with E-state index < -0.39 is 5.41 Å². The summed E-state index contributed by atoms with van der Waals surface area (Å²) in [5, 5.41) is 4.05. The lowest BCUT2D eigenvalue weighted by Crippen LogP contribution is -2.43. The molecule has 39 heavy (non-hydrogen) atoms. The molecule has 1 spiro atoms. The second kappa shape index (κ2) is 8.02. The van der Waals surface area contributed by atoms with Gasteiger partial charge < -0.3 is 9.64 Å². The van der Waals surface area contributed by atoms with Gasteiger partial charge in [-0.25, -0.2) is 4.39 Å². The summed E-state index contributed by atoms with van der Waals surface area (Å²) in [5.41, 5.74) is 3.23. The summed E-state index contributed by atoms with van der Waals surface area (Å²) in [6.45, 7) is 0.335. The smallest absolute Gasteiger partial charge is 0.247 e. The van der Waals surface area contributed by atoms with Gasteiger partial charge in [0.1, 0.15) is 22.7 Å². The van der Waals surface area contributed by atoms with Gasteiger partial charge in [-0.15, -0.1) is 0 Å². The Hall–Kier alpha value is -4.96. The number of amides is 1. The monoisotopic (exact) mass is 507 g/mol. The highest BCUT2D eigenvalue weighted by Crippen LogP contribution is 2.60. The number of hydrogen-bond acceptors (Lipinski definition) is 2. The number of carbonyl (C=O) groups is 1. The van der Waals surface area contributed by atoms with Crippen LogP contribution in [0.3, 0.4) is 0 Å². The van der Waals surface area contributed by atoms with Crippen molar-refractivity contribution in [3.8, 4) is 11.5 Å². The Kier molecular flexibility index (Phi) is 4.54. The standard InChI is InChI=1S/C35H22FNO2/c36-25-17-13-22(14-18-25)21-37-30-12-6-5-11-28(30)35(34(37)38)29-19-15-24-8-2-4-10-27(24)33(29)39-31-20-16-23-7-1-3-9-26(23)32(31)35/h1-20H,21H2. The van der Waals surface area contributed by atoms with Gasteiger partial charge in [-0.2, -0.15) is 0 Å². The first-order valence-corrected chi connectivity index (χ1v) is 13.0. The van der Waals surface area contributed by atoms with Crippen molar-refractivity contribution in [1.82, 2.24) is 0 Å². The van der Waals surface area contributed by atoms with E-state index in [1.54, 1.807) is 12.1 Å². The van der Waals surface area contributed by atoms with Crippen molar-refractivity contribution in [1.29, 1.82) is 0 Å². The molecule has 2 aliphatic rings. The number of para-hydroxylation sites is 1. The lowest BCUT2D eigenvalue weighted by molar-refractivity contribution is -0.121. The third-order valence-corrected chi connectivity index (χ3v) is 8.18. The van der Waals surface area contributed by atoms with Crippen LogP contribution in [0.25, 0.3) is 21.5 Å². The fourth-order valence-corrected chi connectivity index (χ4v) is 6.50. The number of halogens is 1. The fraction of sp³-hybridized carbons (Fsp3) is 0.0571. The van der Waals surface area contributed by atoms with E-state index in [1.165, 1.54) is 12.1 Å². The van der Waals surface area contributed by atoms with Crippen molar-refractivity contribution in [2.24, 2.45) is 0 Å². The van der Waals surface area contributed by atoms with E-state index in [9.17, 15) is 4.39 Å². The first-order valence-electron chi connectivity index (χ1n) is 13.0. The quantitative estimate of drug-likeness (QED) is 0.237. The third kappa shape index (κ3) is 2.94. The molecule has 0 fully saturated rings. The second-order valence-electron chi connectivity index (χ2n) is 10.2. The molecule has 0 saturated carbocycles. The maximum atomic E-state index is 15.1. The van der Waals surface area contributed by atoms with E-state index in [1.807, 2.05) is 53.4 Å². The minimum absolute atomic E-state index is 0.0366. The van der Waals surface area contributed by atoms with Gasteiger partial charge in [0.15, 0.2) is 0 Å². The first-order chi connectivity index (χ1) is 19.2. The summed E-state index contributed by atoms with van der Waals surface area (Å²) in [4.78, 5) is 17.0. The average molecular weight is 508 g/mol. The van der Waals surface area contributed by atoms with E-state index in [0.29, 0.717) is 18.0 Å². The molecule has 4 heteroatoms. The summed E-state index contributed by atoms with van der Waals surface area (Å²) in [7, 11) is 0. The Labute approximate surface area is 224 Å². The molecule has 0 aliphatic carbocycles. The summed E-state index contributed by atoms with van der Waals surface area (Å²) >= 11 is 0. The van der Waals surface area contributed by atoms with E-state index >= 15 is 4.79 Å². The summed E-state index contributed by atoms with van der Waals surface area (Å²) in [6, 6.07) is 38.9. The molecule has 2 aliphatic heterocycles. The van der Waals surface area contributed by atoms with Crippen LogP contribution in [-0.2, 0) is 16.8 Å². The van der Waals surface area contributed by atoms with Gasteiger partial charge in [0.25, 0.3) is 0 Å². The number of ether oxygens (including phenoxy) is 1. The highest BCUT2D eigenvalue weighted by atomic mass is 19.1. The molecule has 0 N–H and O–H groups in total. The highest BCUT2D eigenvalue weighted by Gasteiger charge is 2.58. The lowest BCUT2D eigenvalue weighted by atomic mass is 9.66. The number of fused-ring (bicyclic) bond motifs is 10. The van der Waals surface area contributed by atoms with Gasteiger partial charge >= 0.3 is 0 Å². The zero-order valence-corrected chi connectivity index (χ0v) is 20.9. The van der Waals surface area contributed by atoms with Crippen molar-refractivity contribution in [2.75, 3.05) is 4.90 Å². The fourth-order valence-electron chi connectivity index (χ4n) is 6.50. The van der Waals surface area contributed by atoms with Crippen LogP contribution in [0.5, 0.6) is 11.5 Å². The van der Waals surface area contributed by atoms with Crippen LogP contribution in [0.1, 0.15) is 22.3 Å². The number of nitrogens with zero attached hydrogens (tertiary/aromatic N) is 1. The number of rotatable bonds is 2. The van der Waals surface area contributed by atoms with Gasteiger partial charge in [-0.3, -0.25) is 4.79 Å². The number of hydrogen-bond donors (Lipinski definition) is 0. The number of anilines is 1. The third-order valence-electron chi connectivity index (χ3n) is 8.18. The second-order valence-corrected chi connectivity index (χ2v) is 10.2. The van der Waals surface area contributed by atoms with Crippen LogP contribution in [0, 0.1) is 5.82 Å². The van der Waals surface area contributed by atoms with E-state index in [-0.39, 0.29) is 11.7 Å². The van der Waals surface area contributed by atoms with Crippen molar-refractivity contribution >= 4 is 33.1 Å². The zero-order valence-electron chi connectivity index (χ0n) is 20.9. The molecule has 186 valence electrons. The molecule has 0 saturated heterocycles. The van der Waals surface area contributed by atoms with Gasteiger partial charge in [0.05, 0.1) is 6.54 Å². The Morgan fingerprint density at radius 2 is 1.33 bits per heavy atom. The van der Waals surface area contributed by atoms with Crippen molar-refractivity contribution < 1.29 is 13.9 Å². The molecule has 1 unspecified atom stereocenters. The largest absolute Gasteiger partial charge is 0.456 e. The summed E-state index contributed by atoms with van der Waals surface area (Å²) in [6.07, 6.45) is 0. The molecule has 1 atom stereocenters. The molecule has 6 aromatic rings. The molecule has 2 heterocycles. The maximum Gasteiger partial charge on any atom is 0.247 e. The Balaban J connectivity index is 1.48. The maximum absolute atomic E-state index is 15.1. The van der Waals surface area contributed by atoms with Crippen LogP contribution >= 0.6 is 0 Å². The SMILES string of the molecule is O=C1N(Cc2ccc(F)cc2)c2ccccc2C12c1ccc3ccccc3c1Oc1ccc3ccccc3c12. The minimum Gasteiger partial charge on any atom is -0.456 e. The number of carbonyl (C=O) groups excluding carboxylic acids is 1. The molecule has 0 radical (unpaired) electrons. The predicted octanol–water partition coefficient (Wildman–Crippen LogP) is 8.12. The van der Waals surface area contributed by atoms with Gasteiger partial charge in [0.2, 0.25) is 5.91 Å². The Morgan fingerprint density at radius 1 is 0.667 bits per heavy atom. The van der Waals surface area contributed by atoms with E-state index in [4.69, 9.17) is 4.74 Å². The van der Waals surface area contributed by atoms with Crippen LogP contribution in [-0.4, -0.2) is 5.91 Å². The van der Waals surface area contributed by atoms with Gasteiger partial charge in [-0.1, -0.05) is 97.1 Å². The van der Waals surface area contributed by atoms with Crippen LogP contribution in [0.4, 0.5) is 10.1 Å². The zero-order chi connectivity index (χ0) is 26.1. The minimum atomic E-state index is -1.11. The molecular weight excluding hydrogens is 485 g/mol. The average Bonchev–Trinajstić information content (AvgIpc) is 3.22. The highest BCUT2D eigenvalue weighted by molar-refractivity contribution is 6.17. The molecule has 0 aromatic heterocycles. The molecule has 8 rings (SSSR count). The van der Waals surface area contributed by atoms with E-state index in [2.05, 4.69) is 48.5 Å². The lowest BCUT2D eigenvalue weighted by Gasteiger charge is -2.38. The van der Waals surface area contributed by atoms with Crippen molar-refractivity contribution in [2.45, 2.75) is 12.0 Å².